The molecule has 1 saturated heterocycles. The van der Waals surface area contributed by atoms with E-state index in [0.717, 1.165) is 25.0 Å². The molecule has 29 heavy (non-hydrogen) atoms. The zero-order valence-corrected chi connectivity index (χ0v) is 16.7. The maximum Gasteiger partial charge on any atom is 0.319 e. The van der Waals surface area contributed by atoms with Crippen molar-refractivity contribution in [3.05, 3.63) is 46.7 Å². The number of ether oxygens (including phenoxy) is 2. The van der Waals surface area contributed by atoms with E-state index < -0.39 is 23.4 Å². The number of carbonyl (C=O) groups excluding carboxylic acids is 1. The van der Waals surface area contributed by atoms with E-state index >= 15 is 0 Å². The van der Waals surface area contributed by atoms with Crippen molar-refractivity contribution >= 4 is 38.7 Å². The number of aromatic nitrogens is 2. The first kappa shape index (κ1) is 19.6. The second-order valence-corrected chi connectivity index (χ2v) is 7.36. The van der Waals surface area contributed by atoms with Crippen LogP contribution in [0.25, 0.3) is 11.0 Å². The number of fused-ring (bicyclic) bond motifs is 1. The minimum absolute atomic E-state index is 0.0279. The van der Waals surface area contributed by atoms with E-state index in [9.17, 15) is 13.6 Å². The molecule has 1 atom stereocenters. The maximum atomic E-state index is 14.5. The minimum Gasteiger partial charge on any atom is -0.450 e. The smallest absolute Gasteiger partial charge is 0.319 e. The van der Waals surface area contributed by atoms with Crippen LogP contribution in [0.1, 0.15) is 12.8 Å². The average molecular weight is 467 g/mol. The first-order chi connectivity index (χ1) is 14.0. The van der Waals surface area contributed by atoms with E-state index in [1.54, 1.807) is 6.20 Å². The Morgan fingerprint density at radius 1 is 1.38 bits per heavy atom. The van der Waals surface area contributed by atoms with Gasteiger partial charge in [-0.2, -0.15) is 0 Å². The normalized spacial score (nSPS) is 16.2. The molecular weight excluding hydrogens is 450 g/mol. The second-order valence-electron chi connectivity index (χ2n) is 6.51. The van der Waals surface area contributed by atoms with Gasteiger partial charge in [0.25, 0.3) is 0 Å². The predicted molar refractivity (Wildman–Crippen MR) is 106 cm³/mol. The Kier molecular flexibility index (Phi) is 5.63. The third kappa shape index (κ3) is 4.33. The first-order valence-corrected chi connectivity index (χ1v) is 9.75. The van der Waals surface area contributed by atoms with E-state index in [4.69, 9.17) is 9.47 Å². The van der Waals surface area contributed by atoms with Crippen molar-refractivity contribution in [2.24, 2.45) is 0 Å². The average Bonchev–Trinajstić information content (AvgIpc) is 3.33. The molecule has 0 spiro atoms. The van der Waals surface area contributed by atoms with Gasteiger partial charge in [0.05, 0.1) is 11.5 Å². The molecular formula is C19H17BrF2N4O3. The highest BCUT2D eigenvalue weighted by Crippen LogP contribution is 2.36. The Bertz CT molecular complexity index is 1030. The highest BCUT2D eigenvalue weighted by molar-refractivity contribution is 9.10. The van der Waals surface area contributed by atoms with Crippen LogP contribution in [-0.4, -0.2) is 35.3 Å². The SMILES string of the molecule is O=C(NCC1CCCO1)Nc1cc(F)c(Oc2ccnc3[nH]cc(Br)c23)c(F)c1. The number of amides is 2. The quantitative estimate of drug-likeness (QED) is 0.508. The lowest BCUT2D eigenvalue weighted by molar-refractivity contribution is 0.112. The Hall–Kier alpha value is -2.72. The molecule has 1 aromatic carbocycles. The van der Waals surface area contributed by atoms with Gasteiger partial charge in [-0.3, -0.25) is 0 Å². The number of H-pyrrole nitrogens is 1. The number of pyridine rings is 1. The molecule has 1 aliphatic heterocycles. The van der Waals surface area contributed by atoms with Crippen molar-refractivity contribution in [2.45, 2.75) is 18.9 Å². The van der Waals surface area contributed by atoms with E-state index in [-0.39, 0.29) is 17.5 Å². The van der Waals surface area contributed by atoms with Crippen molar-refractivity contribution < 1.29 is 23.0 Å². The second kappa shape index (κ2) is 8.34. The molecule has 0 saturated carbocycles. The van der Waals surface area contributed by atoms with Crippen molar-refractivity contribution in [3.8, 4) is 11.5 Å². The number of carbonyl (C=O) groups is 1. The van der Waals surface area contributed by atoms with Gasteiger partial charge in [-0.15, -0.1) is 0 Å². The fourth-order valence-electron chi connectivity index (χ4n) is 3.10. The summed E-state index contributed by atoms with van der Waals surface area (Å²) in [5.74, 6) is -2.24. The lowest BCUT2D eigenvalue weighted by Crippen LogP contribution is -2.35. The van der Waals surface area contributed by atoms with Gasteiger partial charge in [-0.1, -0.05) is 0 Å². The van der Waals surface area contributed by atoms with E-state index in [1.807, 2.05) is 0 Å². The molecule has 1 unspecified atom stereocenters. The molecule has 152 valence electrons. The van der Waals surface area contributed by atoms with Crippen molar-refractivity contribution in [1.29, 1.82) is 0 Å². The number of nitrogens with zero attached hydrogens (tertiary/aromatic N) is 1. The number of aromatic amines is 1. The summed E-state index contributed by atoms with van der Waals surface area (Å²) in [6.45, 7) is 1.01. The third-order valence-corrected chi connectivity index (χ3v) is 5.10. The van der Waals surface area contributed by atoms with Crippen LogP contribution in [0.4, 0.5) is 19.3 Å². The molecule has 3 aromatic rings. The van der Waals surface area contributed by atoms with Crippen LogP contribution < -0.4 is 15.4 Å². The molecule has 0 radical (unpaired) electrons. The molecule has 7 nitrogen and oxygen atoms in total. The largest absolute Gasteiger partial charge is 0.450 e. The van der Waals surface area contributed by atoms with Crippen molar-refractivity contribution in [2.75, 3.05) is 18.5 Å². The van der Waals surface area contributed by atoms with Crippen LogP contribution in [0, 0.1) is 11.6 Å². The number of rotatable bonds is 5. The monoisotopic (exact) mass is 466 g/mol. The summed E-state index contributed by atoms with van der Waals surface area (Å²) >= 11 is 3.34. The van der Waals surface area contributed by atoms with Crippen LogP contribution in [0.2, 0.25) is 0 Å². The molecule has 4 rings (SSSR count). The molecule has 3 N–H and O–H groups in total. The number of urea groups is 1. The number of benzene rings is 1. The van der Waals surface area contributed by atoms with Crippen molar-refractivity contribution in [1.82, 2.24) is 15.3 Å². The highest BCUT2D eigenvalue weighted by Gasteiger charge is 2.19. The predicted octanol–water partition coefficient (Wildman–Crippen LogP) is 4.70. The standard InChI is InChI=1S/C19H17BrF2N4O3/c20-12-9-24-18-16(12)15(3-4-23-18)29-17-13(21)6-10(7-14(17)22)26-19(27)25-8-11-2-1-5-28-11/h3-4,6-7,9,11H,1-2,5,8H2,(H,23,24)(H2,25,26,27). The van der Waals surface area contributed by atoms with Gasteiger partial charge in [0.2, 0.25) is 0 Å². The zero-order chi connectivity index (χ0) is 20.4. The fraction of sp³-hybridized carbons (Fsp3) is 0.263. The van der Waals surface area contributed by atoms with E-state index in [1.165, 1.54) is 12.3 Å². The number of hydrogen-bond acceptors (Lipinski definition) is 4. The van der Waals surface area contributed by atoms with Gasteiger partial charge in [0.1, 0.15) is 11.4 Å². The Morgan fingerprint density at radius 2 is 2.17 bits per heavy atom. The summed E-state index contributed by atoms with van der Waals surface area (Å²) in [6.07, 6.45) is 4.91. The summed E-state index contributed by atoms with van der Waals surface area (Å²) in [4.78, 5) is 19.0. The third-order valence-electron chi connectivity index (χ3n) is 4.47. The minimum atomic E-state index is -0.948. The van der Waals surface area contributed by atoms with Gasteiger partial charge in [-0.25, -0.2) is 18.6 Å². The lowest BCUT2D eigenvalue weighted by Gasteiger charge is -2.13. The van der Waals surface area contributed by atoms with Crippen LogP contribution in [0.15, 0.2) is 35.1 Å². The lowest BCUT2D eigenvalue weighted by atomic mass is 10.2. The summed E-state index contributed by atoms with van der Waals surface area (Å²) in [7, 11) is 0. The molecule has 2 amide bonds. The molecule has 0 aliphatic carbocycles. The van der Waals surface area contributed by atoms with Crippen LogP contribution in [-0.2, 0) is 4.74 Å². The Morgan fingerprint density at radius 3 is 2.90 bits per heavy atom. The first-order valence-electron chi connectivity index (χ1n) is 8.96. The number of halogens is 3. The van der Waals surface area contributed by atoms with Gasteiger partial charge in [0.15, 0.2) is 17.4 Å². The number of anilines is 1. The topological polar surface area (TPSA) is 88.3 Å². The van der Waals surface area contributed by atoms with Gasteiger partial charge < -0.3 is 25.1 Å². The van der Waals surface area contributed by atoms with Crippen molar-refractivity contribution in [3.63, 3.8) is 0 Å². The maximum absolute atomic E-state index is 14.5. The van der Waals surface area contributed by atoms with Crippen LogP contribution in [0.5, 0.6) is 11.5 Å². The van der Waals surface area contributed by atoms with E-state index in [2.05, 4.69) is 36.5 Å². The Balaban J connectivity index is 1.48. The van der Waals surface area contributed by atoms with E-state index in [0.29, 0.717) is 28.7 Å². The number of hydrogen-bond donors (Lipinski definition) is 3. The molecule has 1 aliphatic rings. The van der Waals surface area contributed by atoms with Gasteiger partial charge in [-0.05, 0) is 34.8 Å². The summed E-state index contributed by atoms with van der Waals surface area (Å²) in [6, 6.07) is 2.92. The fourth-order valence-corrected chi connectivity index (χ4v) is 3.60. The summed E-state index contributed by atoms with van der Waals surface area (Å²) in [5, 5.41) is 5.59. The molecule has 3 heterocycles. The highest BCUT2D eigenvalue weighted by atomic mass is 79.9. The summed E-state index contributed by atoms with van der Waals surface area (Å²) in [5.41, 5.74) is 0.483. The summed E-state index contributed by atoms with van der Waals surface area (Å²) < 4.78 is 40.6. The zero-order valence-electron chi connectivity index (χ0n) is 15.1. The Labute approximate surface area is 172 Å². The number of nitrogens with one attached hydrogen (secondary N) is 3. The van der Waals surface area contributed by atoms with Gasteiger partial charge >= 0.3 is 6.03 Å². The van der Waals surface area contributed by atoms with Crippen LogP contribution in [0.3, 0.4) is 0 Å². The molecule has 2 aromatic heterocycles. The van der Waals surface area contributed by atoms with Gasteiger partial charge in [0, 0.05) is 47.8 Å². The van der Waals surface area contributed by atoms with Crippen LogP contribution >= 0.6 is 15.9 Å². The molecule has 1 fully saturated rings. The molecule has 10 heteroatoms. The molecule has 0 bridgehead atoms.